The van der Waals surface area contributed by atoms with Gasteiger partial charge in [0.2, 0.25) is 0 Å². The summed E-state index contributed by atoms with van der Waals surface area (Å²) in [6.07, 6.45) is -19.3. The Morgan fingerprint density at radius 3 is 0.622 bits per heavy atom. The molecule has 0 aliphatic heterocycles. The zero-order chi connectivity index (χ0) is 28.7. The van der Waals surface area contributed by atoms with Gasteiger partial charge in [-0.1, -0.05) is 0 Å². The van der Waals surface area contributed by atoms with Gasteiger partial charge in [0.15, 0.2) is 0 Å². The molecule has 0 aromatic carbocycles. The summed E-state index contributed by atoms with van der Waals surface area (Å²) in [7, 11) is -36.8. The number of hydrogen-bond donors (Lipinski definition) is 10. The second-order valence-corrected chi connectivity index (χ2v) is 13.4. The number of hydrogen-bond acceptors (Lipinski definition) is 14. The summed E-state index contributed by atoms with van der Waals surface area (Å²) in [5.41, 5.74) is 0. The van der Waals surface area contributed by atoms with E-state index in [4.69, 9.17) is 48.9 Å². The van der Waals surface area contributed by atoms with E-state index in [1.54, 1.807) is 0 Å². The van der Waals surface area contributed by atoms with E-state index in [1.165, 1.54) is 0 Å². The van der Waals surface area contributed by atoms with Crippen molar-refractivity contribution in [2.75, 3.05) is 0 Å². The minimum Gasteiger partial charge on any atom is -0.756 e. The fourth-order valence-electron chi connectivity index (χ4n) is 2.78. The Labute approximate surface area is 219 Å². The Morgan fingerprint density at radius 2 is 0.514 bits per heavy atom. The Morgan fingerprint density at radius 1 is 0.378 bits per heavy atom. The summed E-state index contributed by atoms with van der Waals surface area (Å²) in [5.74, 6) is 0. The molecule has 0 aromatic rings. The molecule has 1 fully saturated rings. The van der Waals surface area contributed by atoms with Crippen LogP contribution in [0, 0.1) is 0 Å². The van der Waals surface area contributed by atoms with Gasteiger partial charge in [-0.15, -0.1) is 0 Å². The maximum atomic E-state index is 11.4. The van der Waals surface area contributed by atoms with Crippen molar-refractivity contribution in [2.24, 2.45) is 0 Å². The summed E-state index contributed by atoms with van der Waals surface area (Å²) in [5, 5.41) is 0. The van der Waals surface area contributed by atoms with Crippen molar-refractivity contribution in [3.8, 4) is 0 Å². The number of phosphoric acid groups is 6. The van der Waals surface area contributed by atoms with E-state index in [0.717, 1.165) is 0 Å². The van der Waals surface area contributed by atoms with E-state index in [-0.39, 0.29) is 23.1 Å². The third-order valence-electron chi connectivity index (χ3n) is 3.49. The predicted molar refractivity (Wildman–Crippen MR) is 103 cm³/mol. The molecule has 24 nitrogen and oxygen atoms in total. The molecule has 1 saturated carbocycles. The molecular weight excluding hydrogens is 666 g/mol. The average Bonchev–Trinajstić information content (AvgIpc) is 2.51. The predicted octanol–water partition coefficient (Wildman–Crippen LogP) is -4.78. The van der Waals surface area contributed by atoms with Crippen LogP contribution in [0.3, 0.4) is 0 Å². The molecular formula is C6H16MgO24P6. The van der Waals surface area contributed by atoms with Crippen LogP contribution in [-0.2, 0) is 54.5 Å². The zero-order valence-corrected chi connectivity index (χ0v) is 23.8. The normalized spacial score (nSPS) is 31.1. The monoisotopic (exact) mass is 682 g/mol. The van der Waals surface area contributed by atoms with E-state index < -0.39 is 83.6 Å². The number of phosphoric ester groups is 6. The third kappa shape index (κ3) is 15.3. The van der Waals surface area contributed by atoms with Gasteiger partial charge in [0.05, 0.1) is 0 Å². The zero-order valence-electron chi connectivity index (χ0n) is 17.0. The third-order valence-corrected chi connectivity index (χ3v) is 6.58. The van der Waals surface area contributed by atoms with Crippen LogP contribution in [0.25, 0.3) is 0 Å². The first-order valence-corrected chi connectivity index (χ1v) is 17.1. The first-order valence-electron chi connectivity index (χ1n) is 7.97. The van der Waals surface area contributed by atoms with Gasteiger partial charge in [-0.05, 0) is 0 Å². The molecule has 1 aliphatic carbocycles. The van der Waals surface area contributed by atoms with Gasteiger partial charge < -0.3 is 67.8 Å². The van der Waals surface area contributed by atoms with E-state index in [1.807, 2.05) is 0 Å². The van der Waals surface area contributed by atoms with E-state index >= 15 is 0 Å². The summed E-state index contributed by atoms with van der Waals surface area (Å²) in [6.45, 7) is 0. The second-order valence-electron chi connectivity index (χ2n) is 6.32. The molecule has 4 unspecified atom stereocenters. The van der Waals surface area contributed by atoms with Gasteiger partial charge in [-0.3, -0.25) is 27.2 Å². The standard InChI is InChI=1S/C6H18O24P6.Mg/c7-31(8,9)25-1-2(26-32(10,11)12)4(28-34(16,17)18)6(30-36(22,23)24)5(29-35(19,20)21)3(1)27-33(13,14)15;/h1-6H,(H2,7,8,9)(H2,10,11,12)(H2,13,14,15)(H2,16,17,18)(H2,19,20,21)(H2,22,23,24);/q;+2/p-2/t1-,2-,3?,4?,5-,6+;/m1./s1. The van der Waals surface area contributed by atoms with Gasteiger partial charge >= 0.3 is 54.3 Å². The molecule has 0 amide bonds. The minimum absolute atomic E-state index is 0. The van der Waals surface area contributed by atoms with Crippen LogP contribution >= 0.6 is 46.9 Å². The smallest absolute Gasteiger partial charge is 0.756 e. The molecule has 37 heavy (non-hydrogen) atoms. The van der Waals surface area contributed by atoms with Crippen molar-refractivity contribution in [1.82, 2.24) is 0 Å². The summed E-state index contributed by atoms with van der Waals surface area (Å²) >= 11 is 0. The van der Waals surface area contributed by atoms with Crippen LogP contribution in [-0.4, -0.2) is 109 Å². The largest absolute Gasteiger partial charge is 2.00 e. The van der Waals surface area contributed by atoms with Crippen molar-refractivity contribution in [1.29, 1.82) is 0 Å². The van der Waals surface area contributed by atoms with Crippen molar-refractivity contribution in [3.63, 3.8) is 0 Å². The van der Waals surface area contributed by atoms with Crippen LogP contribution in [0.2, 0.25) is 0 Å². The SMILES string of the molecule is O=P([O-])(O)OC1[C@@H](OP(=O)(O)O)[C@@H](OP(=O)(O)O)C(OP(=O)([O-])O)[C@H](OP(=O)(O)O)[C@H]1OP(=O)(O)O.[Mg+2]. The minimum atomic E-state index is -6.28. The van der Waals surface area contributed by atoms with Gasteiger partial charge in [-0.25, -0.2) is 18.3 Å². The molecule has 0 aromatic heterocycles. The molecule has 216 valence electrons. The van der Waals surface area contributed by atoms with Crippen molar-refractivity contribution >= 4 is 70.0 Å². The van der Waals surface area contributed by atoms with E-state index in [0.29, 0.717) is 0 Å². The molecule has 10 N–H and O–H groups in total. The second kappa shape index (κ2) is 13.2. The van der Waals surface area contributed by atoms with Gasteiger partial charge in [0.25, 0.3) is 15.6 Å². The molecule has 0 radical (unpaired) electrons. The van der Waals surface area contributed by atoms with Crippen molar-refractivity contribution in [2.45, 2.75) is 36.6 Å². The van der Waals surface area contributed by atoms with Gasteiger partial charge in [-0.2, -0.15) is 0 Å². The average molecular weight is 682 g/mol. The van der Waals surface area contributed by atoms with Gasteiger partial charge in [0.1, 0.15) is 36.6 Å². The maximum Gasteiger partial charge on any atom is 2.00 e. The van der Waals surface area contributed by atoms with Crippen LogP contribution in [0.5, 0.6) is 0 Å². The Bertz CT molecular complexity index is 824. The fourth-order valence-corrected chi connectivity index (χ4v) is 6.11. The first kappa shape index (κ1) is 38.4. The molecule has 1 rings (SSSR count). The van der Waals surface area contributed by atoms with E-state index in [2.05, 4.69) is 27.1 Å². The Kier molecular flexibility index (Phi) is 13.7. The number of rotatable bonds is 12. The quantitative estimate of drug-likeness (QED) is 0.0682. The fraction of sp³-hybridized carbons (Fsp3) is 1.00. The van der Waals surface area contributed by atoms with E-state index in [9.17, 15) is 37.2 Å². The molecule has 0 saturated heterocycles. The Hall–Kier alpha value is 1.43. The van der Waals surface area contributed by atoms with Crippen molar-refractivity contribution in [3.05, 3.63) is 0 Å². The molecule has 0 heterocycles. The van der Waals surface area contributed by atoms with Crippen LogP contribution in [0.1, 0.15) is 0 Å². The molecule has 1 aliphatic rings. The summed E-state index contributed by atoms with van der Waals surface area (Å²) < 4.78 is 92.3. The maximum absolute atomic E-state index is 11.4. The van der Waals surface area contributed by atoms with Crippen LogP contribution < -0.4 is 9.79 Å². The molecule has 0 bridgehead atoms. The van der Waals surface area contributed by atoms with Crippen molar-refractivity contribution < 1.29 is 113 Å². The summed E-state index contributed by atoms with van der Waals surface area (Å²) in [6, 6.07) is 0. The Balaban J connectivity index is 0.0000130. The van der Waals surface area contributed by atoms with Gasteiger partial charge in [0, 0.05) is 0 Å². The molecule has 8 atom stereocenters. The van der Waals surface area contributed by atoms with Crippen LogP contribution in [0.15, 0.2) is 0 Å². The molecule has 0 spiro atoms. The summed E-state index contributed by atoms with van der Waals surface area (Å²) in [4.78, 5) is 114. The topological polar surface area (TPSA) is 406 Å². The first-order chi connectivity index (χ1) is 15.6. The molecule has 31 heteroatoms. The van der Waals surface area contributed by atoms with Crippen LogP contribution in [0.4, 0.5) is 0 Å².